The average molecular weight is 233 g/mol. The summed E-state index contributed by atoms with van der Waals surface area (Å²) in [5.74, 6) is 0. The fraction of sp³-hybridized carbons (Fsp3) is 0.167. The molecule has 0 atom stereocenters. The number of hydrogen-bond acceptors (Lipinski definition) is 2. The molecule has 0 N–H and O–H groups in total. The van der Waals surface area contributed by atoms with Crippen LogP contribution in [0.5, 0.6) is 0 Å². The zero-order valence-electron chi connectivity index (χ0n) is 8.85. The lowest BCUT2D eigenvalue weighted by Crippen LogP contribution is -1.96. The summed E-state index contributed by atoms with van der Waals surface area (Å²) < 4.78 is 25.3. The Labute approximate surface area is 96.9 Å². The minimum atomic E-state index is -2.63. The molecule has 17 heavy (non-hydrogen) atoms. The average Bonchev–Trinajstić information content (AvgIpc) is 2.79. The molecule has 2 rings (SSSR count). The maximum absolute atomic E-state index is 12.4. The van der Waals surface area contributed by atoms with E-state index in [4.69, 9.17) is 5.26 Å². The summed E-state index contributed by atoms with van der Waals surface area (Å²) in [4.78, 5) is 0. The molecule has 86 valence electrons. The van der Waals surface area contributed by atoms with E-state index in [1.54, 1.807) is 18.2 Å². The molecular weight excluding hydrogens is 224 g/mol. The standard InChI is InChI=1S/C12H9F2N3/c13-12(14)17-8-11(7-16-17)10-3-1-2-9(6-10)4-5-15/h1-3,6-8,12H,4H2. The van der Waals surface area contributed by atoms with Crippen LogP contribution in [0.15, 0.2) is 36.7 Å². The van der Waals surface area contributed by atoms with Crippen LogP contribution in [0.2, 0.25) is 0 Å². The normalized spacial score (nSPS) is 10.5. The summed E-state index contributed by atoms with van der Waals surface area (Å²) in [6.45, 7) is -2.63. The van der Waals surface area contributed by atoms with Crippen molar-refractivity contribution in [2.24, 2.45) is 0 Å². The van der Waals surface area contributed by atoms with Crippen molar-refractivity contribution < 1.29 is 8.78 Å². The molecule has 0 aliphatic carbocycles. The van der Waals surface area contributed by atoms with Crippen molar-refractivity contribution in [1.82, 2.24) is 9.78 Å². The van der Waals surface area contributed by atoms with Gasteiger partial charge in [-0.3, -0.25) is 0 Å². The highest BCUT2D eigenvalue weighted by Gasteiger charge is 2.08. The molecule has 0 amide bonds. The van der Waals surface area contributed by atoms with E-state index in [1.807, 2.05) is 12.1 Å². The molecule has 1 heterocycles. The first-order chi connectivity index (χ1) is 8.20. The third-order valence-corrected chi connectivity index (χ3v) is 2.34. The molecule has 3 nitrogen and oxygen atoms in total. The predicted octanol–water partition coefficient (Wildman–Crippen LogP) is 3.01. The predicted molar refractivity (Wildman–Crippen MR) is 58.2 cm³/mol. The van der Waals surface area contributed by atoms with Crippen molar-refractivity contribution in [2.75, 3.05) is 0 Å². The monoisotopic (exact) mass is 233 g/mol. The molecule has 1 aromatic carbocycles. The molecule has 0 aliphatic rings. The summed E-state index contributed by atoms with van der Waals surface area (Å²) in [6, 6.07) is 9.26. The van der Waals surface area contributed by atoms with Crippen molar-refractivity contribution in [2.45, 2.75) is 13.0 Å². The van der Waals surface area contributed by atoms with E-state index in [9.17, 15) is 8.78 Å². The maximum atomic E-state index is 12.4. The van der Waals surface area contributed by atoms with E-state index in [2.05, 4.69) is 5.10 Å². The Balaban J connectivity index is 2.32. The first-order valence-corrected chi connectivity index (χ1v) is 4.99. The number of rotatable bonds is 3. The van der Waals surface area contributed by atoms with Gasteiger partial charge in [-0.1, -0.05) is 24.3 Å². The van der Waals surface area contributed by atoms with E-state index >= 15 is 0 Å². The number of hydrogen-bond donors (Lipinski definition) is 0. The Bertz CT molecular complexity index is 555. The summed E-state index contributed by atoms with van der Waals surface area (Å²) in [6.07, 6.45) is 2.98. The minimum absolute atomic E-state index is 0.302. The van der Waals surface area contributed by atoms with Gasteiger partial charge in [-0.15, -0.1) is 0 Å². The van der Waals surface area contributed by atoms with Gasteiger partial charge < -0.3 is 0 Å². The van der Waals surface area contributed by atoms with E-state index < -0.39 is 6.55 Å². The van der Waals surface area contributed by atoms with Crippen LogP contribution in [0.25, 0.3) is 11.1 Å². The molecule has 0 radical (unpaired) electrons. The molecule has 0 unspecified atom stereocenters. The quantitative estimate of drug-likeness (QED) is 0.817. The summed E-state index contributed by atoms with van der Waals surface area (Å²) >= 11 is 0. The van der Waals surface area contributed by atoms with Gasteiger partial charge in [-0.2, -0.15) is 19.1 Å². The van der Waals surface area contributed by atoms with E-state index in [1.165, 1.54) is 12.4 Å². The highest BCUT2D eigenvalue weighted by molar-refractivity contribution is 5.62. The van der Waals surface area contributed by atoms with Gasteiger partial charge in [0.2, 0.25) is 0 Å². The zero-order chi connectivity index (χ0) is 12.3. The van der Waals surface area contributed by atoms with E-state index in [0.717, 1.165) is 11.1 Å². The second-order valence-corrected chi connectivity index (χ2v) is 3.52. The van der Waals surface area contributed by atoms with Gasteiger partial charge in [-0.05, 0) is 11.1 Å². The molecule has 0 fully saturated rings. The lowest BCUT2D eigenvalue weighted by Gasteiger charge is -2.00. The maximum Gasteiger partial charge on any atom is 0.333 e. The first kappa shape index (κ1) is 11.3. The number of nitriles is 1. The fourth-order valence-corrected chi connectivity index (χ4v) is 1.55. The van der Waals surface area contributed by atoms with Gasteiger partial charge in [0.1, 0.15) is 0 Å². The summed E-state index contributed by atoms with van der Waals surface area (Å²) in [5, 5.41) is 12.2. The number of alkyl halides is 2. The summed E-state index contributed by atoms with van der Waals surface area (Å²) in [5.41, 5.74) is 2.25. The molecule has 0 saturated heterocycles. The number of halogens is 2. The van der Waals surface area contributed by atoms with Crippen LogP contribution in [-0.2, 0) is 6.42 Å². The number of nitrogens with zero attached hydrogens (tertiary/aromatic N) is 3. The molecule has 0 saturated carbocycles. The molecule has 0 aliphatic heterocycles. The highest BCUT2D eigenvalue weighted by Crippen LogP contribution is 2.21. The van der Waals surface area contributed by atoms with Crippen LogP contribution in [0.3, 0.4) is 0 Å². The SMILES string of the molecule is N#CCc1cccc(-c2cnn(C(F)F)c2)c1. The molecule has 5 heteroatoms. The van der Waals surface area contributed by atoms with Crippen molar-refractivity contribution >= 4 is 0 Å². The zero-order valence-corrected chi connectivity index (χ0v) is 8.85. The smallest absolute Gasteiger partial charge is 0.211 e. The van der Waals surface area contributed by atoms with Crippen molar-refractivity contribution in [3.05, 3.63) is 42.2 Å². The van der Waals surface area contributed by atoms with Gasteiger partial charge in [0.15, 0.2) is 0 Å². The van der Waals surface area contributed by atoms with Crippen molar-refractivity contribution in [3.8, 4) is 17.2 Å². The molecule has 0 bridgehead atoms. The third-order valence-electron chi connectivity index (χ3n) is 2.34. The van der Waals surface area contributed by atoms with Crippen molar-refractivity contribution in [3.63, 3.8) is 0 Å². The van der Waals surface area contributed by atoms with Crippen LogP contribution in [0.1, 0.15) is 12.1 Å². The Morgan fingerprint density at radius 3 is 2.82 bits per heavy atom. The Hall–Kier alpha value is -2.22. The second-order valence-electron chi connectivity index (χ2n) is 3.52. The first-order valence-electron chi connectivity index (χ1n) is 4.99. The third kappa shape index (κ3) is 2.48. The largest absolute Gasteiger partial charge is 0.333 e. The molecule has 1 aromatic heterocycles. The lowest BCUT2D eigenvalue weighted by atomic mass is 10.1. The molecule has 2 aromatic rings. The highest BCUT2D eigenvalue weighted by atomic mass is 19.3. The Morgan fingerprint density at radius 1 is 1.35 bits per heavy atom. The van der Waals surface area contributed by atoms with Gasteiger partial charge in [0.25, 0.3) is 0 Å². The Morgan fingerprint density at radius 2 is 2.18 bits per heavy atom. The number of aromatic nitrogens is 2. The topological polar surface area (TPSA) is 41.6 Å². The van der Waals surface area contributed by atoms with Gasteiger partial charge in [-0.25, -0.2) is 4.68 Å². The number of benzene rings is 1. The van der Waals surface area contributed by atoms with Gasteiger partial charge in [0.05, 0.1) is 18.7 Å². The van der Waals surface area contributed by atoms with Crippen molar-refractivity contribution in [1.29, 1.82) is 5.26 Å². The summed E-state index contributed by atoms with van der Waals surface area (Å²) in [7, 11) is 0. The van der Waals surface area contributed by atoms with E-state index in [-0.39, 0.29) is 0 Å². The van der Waals surface area contributed by atoms with Crippen LogP contribution in [0.4, 0.5) is 8.78 Å². The van der Waals surface area contributed by atoms with Gasteiger partial charge >= 0.3 is 6.55 Å². The second kappa shape index (κ2) is 4.74. The van der Waals surface area contributed by atoms with E-state index in [0.29, 0.717) is 16.7 Å². The Kier molecular flexibility index (Phi) is 3.15. The van der Waals surface area contributed by atoms with Crippen LogP contribution >= 0.6 is 0 Å². The molecule has 0 spiro atoms. The lowest BCUT2D eigenvalue weighted by molar-refractivity contribution is 0.0566. The van der Waals surface area contributed by atoms with Crippen LogP contribution < -0.4 is 0 Å². The van der Waals surface area contributed by atoms with Crippen LogP contribution in [0, 0.1) is 11.3 Å². The van der Waals surface area contributed by atoms with Crippen LogP contribution in [-0.4, -0.2) is 9.78 Å². The minimum Gasteiger partial charge on any atom is -0.211 e. The fourth-order valence-electron chi connectivity index (χ4n) is 1.55. The molecular formula is C12H9F2N3. The van der Waals surface area contributed by atoms with Gasteiger partial charge in [0, 0.05) is 11.8 Å².